The molecule has 0 bridgehead atoms. The van der Waals surface area contributed by atoms with Gasteiger partial charge >= 0.3 is 0 Å². The molecule has 116 valence electrons. The third kappa shape index (κ3) is 5.51. The first-order valence-corrected chi connectivity index (χ1v) is 8.99. The standard InChI is InChI=1S/C16H30N2OS/c1-6-8-17-10-16-13(3)9-15(19-16)11-18(4)14(7-2)12-20-5/h9,14,17H,6-8,10-12H2,1-5H3. The number of furan rings is 1. The number of nitrogens with zero attached hydrogens (tertiary/aromatic N) is 1. The van der Waals surface area contributed by atoms with E-state index < -0.39 is 0 Å². The first kappa shape index (κ1) is 17.6. The molecule has 1 atom stereocenters. The van der Waals surface area contributed by atoms with Crippen molar-refractivity contribution in [3.8, 4) is 0 Å². The fourth-order valence-electron chi connectivity index (χ4n) is 2.35. The largest absolute Gasteiger partial charge is 0.463 e. The minimum atomic E-state index is 0.622. The summed E-state index contributed by atoms with van der Waals surface area (Å²) in [6.45, 7) is 9.35. The summed E-state index contributed by atoms with van der Waals surface area (Å²) in [6, 6.07) is 2.81. The first-order chi connectivity index (χ1) is 9.62. The second kappa shape index (κ2) is 9.48. The maximum Gasteiger partial charge on any atom is 0.120 e. The highest BCUT2D eigenvalue weighted by Crippen LogP contribution is 2.18. The normalized spacial score (nSPS) is 13.1. The van der Waals surface area contributed by atoms with E-state index in [1.54, 1.807) is 0 Å². The van der Waals surface area contributed by atoms with Gasteiger partial charge < -0.3 is 9.73 Å². The minimum Gasteiger partial charge on any atom is -0.463 e. The Labute approximate surface area is 128 Å². The Balaban J connectivity index is 2.57. The van der Waals surface area contributed by atoms with Crippen molar-refractivity contribution in [3.05, 3.63) is 23.2 Å². The number of thioether (sulfide) groups is 1. The van der Waals surface area contributed by atoms with E-state index in [9.17, 15) is 0 Å². The lowest BCUT2D eigenvalue weighted by atomic mass is 10.2. The predicted molar refractivity (Wildman–Crippen MR) is 89.4 cm³/mol. The Kier molecular flexibility index (Phi) is 8.34. The van der Waals surface area contributed by atoms with Gasteiger partial charge in [-0.1, -0.05) is 13.8 Å². The molecule has 0 aromatic carbocycles. The van der Waals surface area contributed by atoms with E-state index in [2.05, 4.69) is 50.4 Å². The average molecular weight is 298 g/mol. The molecule has 20 heavy (non-hydrogen) atoms. The Morgan fingerprint density at radius 1 is 1.40 bits per heavy atom. The van der Waals surface area contributed by atoms with Crippen LogP contribution in [-0.4, -0.2) is 36.5 Å². The van der Waals surface area contributed by atoms with Crippen molar-refractivity contribution in [1.82, 2.24) is 10.2 Å². The molecule has 3 nitrogen and oxygen atoms in total. The number of hydrogen-bond acceptors (Lipinski definition) is 4. The molecule has 0 amide bonds. The fraction of sp³-hybridized carbons (Fsp3) is 0.750. The van der Waals surface area contributed by atoms with Gasteiger partial charge in [0, 0.05) is 11.8 Å². The summed E-state index contributed by atoms with van der Waals surface area (Å²) in [5.41, 5.74) is 1.26. The third-order valence-corrected chi connectivity index (χ3v) is 4.36. The molecule has 0 aliphatic rings. The molecule has 1 unspecified atom stereocenters. The molecule has 1 heterocycles. The zero-order valence-electron chi connectivity index (χ0n) is 13.7. The van der Waals surface area contributed by atoms with E-state index in [1.165, 1.54) is 17.7 Å². The number of aryl methyl sites for hydroxylation is 1. The Morgan fingerprint density at radius 3 is 2.75 bits per heavy atom. The van der Waals surface area contributed by atoms with Gasteiger partial charge in [0.05, 0.1) is 13.1 Å². The molecule has 0 saturated heterocycles. The molecule has 1 aromatic rings. The molecule has 0 radical (unpaired) electrons. The summed E-state index contributed by atoms with van der Waals surface area (Å²) in [5, 5.41) is 3.40. The van der Waals surface area contributed by atoms with Crippen LogP contribution in [0.1, 0.15) is 43.8 Å². The SMILES string of the molecule is CCCNCc1oc(CN(C)C(CC)CSC)cc1C. The zero-order chi connectivity index (χ0) is 15.0. The van der Waals surface area contributed by atoms with Gasteiger partial charge in [0.1, 0.15) is 11.5 Å². The summed E-state index contributed by atoms with van der Waals surface area (Å²) in [4.78, 5) is 2.40. The molecule has 0 saturated carbocycles. The van der Waals surface area contributed by atoms with Gasteiger partial charge in [0.25, 0.3) is 0 Å². The quantitative estimate of drug-likeness (QED) is 0.667. The highest BCUT2D eigenvalue weighted by atomic mass is 32.2. The van der Waals surface area contributed by atoms with Gasteiger partial charge in [0.15, 0.2) is 0 Å². The summed E-state index contributed by atoms with van der Waals surface area (Å²) in [5.74, 6) is 3.34. The van der Waals surface area contributed by atoms with Crippen molar-refractivity contribution in [2.75, 3.05) is 25.6 Å². The van der Waals surface area contributed by atoms with Crippen molar-refractivity contribution >= 4 is 11.8 Å². The van der Waals surface area contributed by atoms with E-state index in [-0.39, 0.29) is 0 Å². The van der Waals surface area contributed by atoms with Crippen LogP contribution in [0.5, 0.6) is 0 Å². The van der Waals surface area contributed by atoms with Crippen LogP contribution in [0.4, 0.5) is 0 Å². The molecule has 1 N–H and O–H groups in total. The van der Waals surface area contributed by atoms with Crippen LogP contribution in [0, 0.1) is 6.92 Å². The van der Waals surface area contributed by atoms with Crippen molar-refractivity contribution in [1.29, 1.82) is 0 Å². The third-order valence-electron chi connectivity index (χ3n) is 3.64. The summed E-state index contributed by atoms with van der Waals surface area (Å²) < 4.78 is 5.99. The van der Waals surface area contributed by atoms with Crippen LogP contribution in [0.3, 0.4) is 0 Å². The van der Waals surface area contributed by atoms with Gasteiger partial charge in [-0.25, -0.2) is 0 Å². The highest BCUT2D eigenvalue weighted by Gasteiger charge is 2.15. The highest BCUT2D eigenvalue weighted by molar-refractivity contribution is 7.98. The van der Waals surface area contributed by atoms with Crippen LogP contribution < -0.4 is 5.32 Å². The van der Waals surface area contributed by atoms with Crippen LogP contribution in [-0.2, 0) is 13.1 Å². The first-order valence-electron chi connectivity index (χ1n) is 7.60. The van der Waals surface area contributed by atoms with Gasteiger partial charge in [0.2, 0.25) is 0 Å². The molecular weight excluding hydrogens is 268 g/mol. The number of nitrogens with one attached hydrogen (secondary N) is 1. The summed E-state index contributed by atoms with van der Waals surface area (Å²) >= 11 is 1.91. The van der Waals surface area contributed by atoms with Gasteiger partial charge in [-0.3, -0.25) is 4.90 Å². The van der Waals surface area contributed by atoms with Crippen molar-refractivity contribution in [2.24, 2.45) is 0 Å². The smallest absolute Gasteiger partial charge is 0.120 e. The number of rotatable bonds is 10. The fourth-order valence-corrected chi connectivity index (χ4v) is 3.22. The van der Waals surface area contributed by atoms with Crippen LogP contribution >= 0.6 is 11.8 Å². The molecule has 0 spiro atoms. The average Bonchev–Trinajstić information content (AvgIpc) is 2.76. The van der Waals surface area contributed by atoms with Crippen molar-refractivity contribution in [2.45, 2.75) is 52.7 Å². The van der Waals surface area contributed by atoms with Gasteiger partial charge in [-0.05, 0) is 51.2 Å². The van der Waals surface area contributed by atoms with Crippen LogP contribution in [0.25, 0.3) is 0 Å². The topological polar surface area (TPSA) is 28.4 Å². The van der Waals surface area contributed by atoms with Gasteiger partial charge in [-0.15, -0.1) is 0 Å². The predicted octanol–water partition coefficient (Wildman–Crippen LogP) is 3.66. The Hall–Kier alpha value is -0.450. The maximum atomic E-state index is 5.99. The Bertz CT molecular complexity index is 379. The lowest BCUT2D eigenvalue weighted by Crippen LogP contribution is -2.32. The maximum absolute atomic E-state index is 5.99. The summed E-state index contributed by atoms with van der Waals surface area (Å²) in [7, 11) is 2.19. The van der Waals surface area contributed by atoms with Crippen molar-refractivity contribution in [3.63, 3.8) is 0 Å². The lowest BCUT2D eigenvalue weighted by Gasteiger charge is -2.25. The van der Waals surface area contributed by atoms with Crippen LogP contribution in [0.2, 0.25) is 0 Å². The monoisotopic (exact) mass is 298 g/mol. The summed E-state index contributed by atoms with van der Waals surface area (Å²) in [6.07, 6.45) is 4.51. The number of hydrogen-bond donors (Lipinski definition) is 1. The van der Waals surface area contributed by atoms with E-state index in [4.69, 9.17) is 4.42 Å². The molecule has 4 heteroatoms. The lowest BCUT2D eigenvalue weighted by molar-refractivity contribution is 0.226. The second-order valence-corrected chi connectivity index (χ2v) is 6.34. The van der Waals surface area contributed by atoms with Gasteiger partial charge in [-0.2, -0.15) is 11.8 Å². The van der Waals surface area contributed by atoms with Crippen LogP contribution in [0.15, 0.2) is 10.5 Å². The molecule has 0 aliphatic carbocycles. The van der Waals surface area contributed by atoms with E-state index in [0.717, 1.165) is 37.6 Å². The Morgan fingerprint density at radius 2 is 2.15 bits per heavy atom. The van der Waals surface area contributed by atoms with Crippen molar-refractivity contribution < 1.29 is 4.42 Å². The molecule has 0 fully saturated rings. The molecule has 1 aromatic heterocycles. The van der Waals surface area contributed by atoms with E-state index in [1.807, 2.05) is 11.8 Å². The molecule has 0 aliphatic heterocycles. The molecular formula is C16H30N2OS. The zero-order valence-corrected chi connectivity index (χ0v) is 14.5. The molecule has 1 rings (SSSR count). The minimum absolute atomic E-state index is 0.622. The second-order valence-electron chi connectivity index (χ2n) is 5.43. The van der Waals surface area contributed by atoms with E-state index >= 15 is 0 Å². The van der Waals surface area contributed by atoms with E-state index in [0.29, 0.717) is 6.04 Å².